The van der Waals surface area contributed by atoms with Crippen molar-refractivity contribution in [2.45, 2.75) is 51.6 Å². The Morgan fingerprint density at radius 2 is 1.83 bits per heavy atom. The molecule has 0 atom stereocenters. The van der Waals surface area contributed by atoms with E-state index in [9.17, 15) is 4.79 Å². The molecule has 1 amide bonds. The molecule has 1 saturated carbocycles. The van der Waals surface area contributed by atoms with Gasteiger partial charge < -0.3 is 19.9 Å². The second kappa shape index (κ2) is 11.3. The van der Waals surface area contributed by atoms with Gasteiger partial charge in [0.25, 0.3) is 5.91 Å². The van der Waals surface area contributed by atoms with Gasteiger partial charge in [-0.2, -0.15) is 0 Å². The minimum atomic E-state index is 0.143. The number of benzene rings is 2. The third-order valence-corrected chi connectivity index (χ3v) is 8.99. The highest BCUT2D eigenvalue weighted by atomic mass is 16.5. The summed E-state index contributed by atoms with van der Waals surface area (Å²) in [5, 5.41) is 13.2. The molecule has 2 aliphatic heterocycles. The maximum absolute atomic E-state index is 13.5. The van der Waals surface area contributed by atoms with Crippen LogP contribution in [-0.4, -0.2) is 70.3 Å². The molecule has 2 aromatic heterocycles. The van der Waals surface area contributed by atoms with Crippen LogP contribution in [0.5, 0.6) is 5.88 Å². The average Bonchev–Trinajstić information content (AvgIpc) is 3.88. The Labute approximate surface area is 246 Å². The lowest BCUT2D eigenvalue weighted by atomic mass is 9.96. The van der Waals surface area contributed by atoms with Crippen LogP contribution < -0.4 is 15.0 Å². The molecule has 2 fully saturated rings. The molecule has 1 N–H and O–H groups in total. The van der Waals surface area contributed by atoms with E-state index < -0.39 is 0 Å². The number of anilines is 1. The second-order valence-electron chi connectivity index (χ2n) is 11.9. The van der Waals surface area contributed by atoms with E-state index in [1.807, 2.05) is 23.1 Å². The van der Waals surface area contributed by atoms with E-state index in [1.54, 1.807) is 13.4 Å². The number of nitrogens with one attached hydrogen (secondary N) is 1. The predicted octanol–water partition coefficient (Wildman–Crippen LogP) is 4.57. The lowest BCUT2D eigenvalue weighted by molar-refractivity contribution is 0.0705. The number of carbonyl (C=O) groups excluding carboxylic acids is 1. The maximum atomic E-state index is 13.5. The predicted molar refractivity (Wildman–Crippen MR) is 163 cm³/mol. The highest BCUT2D eigenvalue weighted by Gasteiger charge is 2.27. The zero-order chi connectivity index (χ0) is 28.6. The van der Waals surface area contributed by atoms with E-state index in [4.69, 9.17) is 9.72 Å². The molecule has 0 spiro atoms. The minimum absolute atomic E-state index is 0.143. The van der Waals surface area contributed by atoms with Gasteiger partial charge in [0.2, 0.25) is 5.88 Å². The van der Waals surface area contributed by atoms with Gasteiger partial charge in [0.15, 0.2) is 0 Å². The molecular formula is C33H37N7O2. The average molecular weight is 564 g/mol. The van der Waals surface area contributed by atoms with Crippen molar-refractivity contribution in [1.82, 2.24) is 30.4 Å². The number of hydrogen-bond acceptors (Lipinski definition) is 8. The molecule has 3 aliphatic rings. The number of methoxy groups -OCH3 is 1. The molecule has 1 saturated heterocycles. The van der Waals surface area contributed by atoms with Gasteiger partial charge in [-0.15, -0.1) is 10.2 Å². The van der Waals surface area contributed by atoms with Gasteiger partial charge in [-0.05, 0) is 98.5 Å². The van der Waals surface area contributed by atoms with Gasteiger partial charge in [-0.25, -0.2) is 9.97 Å². The van der Waals surface area contributed by atoms with E-state index in [-0.39, 0.29) is 5.91 Å². The van der Waals surface area contributed by atoms with E-state index in [0.29, 0.717) is 18.5 Å². The number of hydrogen-bond donors (Lipinski definition) is 1. The monoisotopic (exact) mass is 563 g/mol. The van der Waals surface area contributed by atoms with Gasteiger partial charge in [-0.3, -0.25) is 4.79 Å². The Morgan fingerprint density at radius 1 is 0.976 bits per heavy atom. The van der Waals surface area contributed by atoms with Crippen molar-refractivity contribution in [1.29, 1.82) is 0 Å². The third-order valence-electron chi connectivity index (χ3n) is 8.99. The third kappa shape index (κ3) is 5.41. The first-order valence-corrected chi connectivity index (χ1v) is 15.1. The Kier molecular flexibility index (Phi) is 7.19. The number of amides is 1. The van der Waals surface area contributed by atoms with Gasteiger partial charge in [0.05, 0.1) is 18.3 Å². The summed E-state index contributed by atoms with van der Waals surface area (Å²) in [6.45, 7) is 6.38. The van der Waals surface area contributed by atoms with Crippen LogP contribution in [0.15, 0.2) is 48.8 Å². The zero-order valence-electron chi connectivity index (χ0n) is 24.3. The Bertz CT molecular complexity index is 1610. The Hall–Kier alpha value is -4.11. The van der Waals surface area contributed by atoms with Crippen LogP contribution >= 0.6 is 0 Å². The number of aromatic nitrogens is 4. The van der Waals surface area contributed by atoms with Crippen LogP contribution in [0.2, 0.25) is 0 Å². The summed E-state index contributed by atoms with van der Waals surface area (Å²) >= 11 is 0. The van der Waals surface area contributed by atoms with Gasteiger partial charge in [0, 0.05) is 54.8 Å². The molecule has 0 bridgehead atoms. The van der Waals surface area contributed by atoms with Crippen LogP contribution in [0.25, 0.3) is 22.2 Å². The number of likely N-dealkylation sites (tertiary alicyclic amines) is 1. The summed E-state index contributed by atoms with van der Waals surface area (Å²) < 4.78 is 5.18. The normalized spacial score (nSPS) is 17.4. The molecule has 0 radical (unpaired) electrons. The topological polar surface area (TPSA) is 96.4 Å². The lowest BCUT2D eigenvalue weighted by Gasteiger charge is -2.33. The fraction of sp³-hybridized carbons (Fsp3) is 0.424. The number of fused-ring (bicyclic) bond motifs is 2. The first-order valence-electron chi connectivity index (χ1n) is 15.1. The Balaban J connectivity index is 1.11. The molecule has 0 unspecified atom stereocenters. The van der Waals surface area contributed by atoms with Crippen LogP contribution in [0.4, 0.5) is 5.82 Å². The molecule has 2 aromatic carbocycles. The van der Waals surface area contributed by atoms with Gasteiger partial charge in [0.1, 0.15) is 12.1 Å². The van der Waals surface area contributed by atoms with E-state index in [2.05, 4.69) is 56.6 Å². The summed E-state index contributed by atoms with van der Waals surface area (Å²) in [7, 11) is 1.58. The van der Waals surface area contributed by atoms with E-state index in [0.717, 1.165) is 90.5 Å². The fourth-order valence-electron chi connectivity index (χ4n) is 6.31. The van der Waals surface area contributed by atoms with E-state index in [1.165, 1.54) is 24.0 Å². The standard InChI is InChI=1S/C33H37N7O2/c1-21-15-25(29-7-8-30(42-2)38-37-29)17-28-31(21)35-20-36-32(28)40-12-9-23-5-6-24(16-26(23)19-40)33(41)39-13-10-27(11-14-39)34-18-22-3-4-22/h5-8,15-17,20,22,27,34H,3-4,9-14,18-19H2,1-2H3. The number of nitrogens with zero attached hydrogens (tertiary/aromatic N) is 6. The summed E-state index contributed by atoms with van der Waals surface area (Å²) in [6, 6.07) is 14.7. The maximum Gasteiger partial charge on any atom is 0.253 e. The van der Waals surface area contributed by atoms with Crippen molar-refractivity contribution in [2.75, 3.05) is 38.2 Å². The molecule has 216 valence electrons. The van der Waals surface area contributed by atoms with Crippen molar-refractivity contribution in [3.63, 3.8) is 0 Å². The fourth-order valence-corrected chi connectivity index (χ4v) is 6.31. The first kappa shape index (κ1) is 26.8. The SMILES string of the molecule is COc1ccc(-c2cc(C)c3ncnc(N4CCc5ccc(C(=O)N6CCC(NCC7CC7)CC6)cc5C4)c3c2)nn1. The number of carbonyl (C=O) groups is 1. The molecule has 42 heavy (non-hydrogen) atoms. The second-order valence-corrected chi connectivity index (χ2v) is 11.9. The summed E-state index contributed by atoms with van der Waals surface area (Å²) in [5.41, 5.74) is 6.98. The van der Waals surface area contributed by atoms with Crippen LogP contribution in [0.1, 0.15) is 52.7 Å². The van der Waals surface area contributed by atoms with E-state index >= 15 is 0 Å². The summed E-state index contributed by atoms with van der Waals surface area (Å²) in [4.78, 5) is 27.2. The molecule has 1 aliphatic carbocycles. The van der Waals surface area contributed by atoms with Crippen LogP contribution in [0.3, 0.4) is 0 Å². The highest BCUT2D eigenvalue weighted by molar-refractivity contribution is 5.96. The molecule has 4 heterocycles. The number of rotatable bonds is 7. The molecule has 7 rings (SSSR count). The minimum Gasteiger partial charge on any atom is -0.480 e. The quantitative estimate of drug-likeness (QED) is 0.349. The highest BCUT2D eigenvalue weighted by Crippen LogP contribution is 2.33. The van der Waals surface area contributed by atoms with Gasteiger partial charge in [-0.1, -0.05) is 6.07 Å². The van der Waals surface area contributed by atoms with Crippen molar-refractivity contribution >= 4 is 22.6 Å². The summed E-state index contributed by atoms with van der Waals surface area (Å²) in [6.07, 6.45) is 7.34. The lowest BCUT2D eigenvalue weighted by Crippen LogP contribution is -2.45. The molecule has 9 nitrogen and oxygen atoms in total. The summed E-state index contributed by atoms with van der Waals surface area (Å²) in [5.74, 6) is 2.41. The molecular weight excluding hydrogens is 526 g/mol. The number of ether oxygens (including phenoxy) is 1. The zero-order valence-corrected chi connectivity index (χ0v) is 24.3. The van der Waals surface area contributed by atoms with Crippen LogP contribution in [0, 0.1) is 12.8 Å². The van der Waals surface area contributed by atoms with Crippen molar-refractivity contribution in [3.8, 4) is 17.1 Å². The largest absolute Gasteiger partial charge is 0.480 e. The van der Waals surface area contributed by atoms with Crippen LogP contribution in [-0.2, 0) is 13.0 Å². The molecule has 4 aromatic rings. The molecule has 9 heteroatoms. The van der Waals surface area contributed by atoms with Gasteiger partial charge >= 0.3 is 0 Å². The van der Waals surface area contributed by atoms with Crippen molar-refractivity contribution in [3.05, 3.63) is 71.0 Å². The van der Waals surface area contributed by atoms with Crippen molar-refractivity contribution < 1.29 is 9.53 Å². The van der Waals surface area contributed by atoms with Crippen molar-refractivity contribution in [2.24, 2.45) is 5.92 Å². The first-order chi connectivity index (χ1) is 20.6. The number of aryl methyl sites for hydroxylation is 1. The smallest absolute Gasteiger partial charge is 0.253 e. The Morgan fingerprint density at radius 3 is 2.60 bits per heavy atom. The number of piperidine rings is 1.